The molecule has 104 valence electrons. The molecule has 20 heavy (non-hydrogen) atoms. The van der Waals surface area contributed by atoms with Gasteiger partial charge in [-0.3, -0.25) is 9.78 Å². The van der Waals surface area contributed by atoms with Crippen LogP contribution in [0, 0.1) is 0 Å². The number of hydrogen-bond acceptors (Lipinski definition) is 4. The molecular weight excluding hydrogens is 252 g/mol. The molecule has 2 aromatic heterocycles. The van der Waals surface area contributed by atoms with Gasteiger partial charge in [-0.15, -0.1) is 0 Å². The molecule has 0 saturated heterocycles. The molecule has 0 aliphatic carbocycles. The van der Waals surface area contributed by atoms with Gasteiger partial charge in [-0.05, 0) is 43.2 Å². The molecule has 2 heterocycles. The van der Waals surface area contributed by atoms with E-state index in [1.54, 1.807) is 30.7 Å². The Morgan fingerprint density at radius 1 is 1.20 bits per heavy atom. The van der Waals surface area contributed by atoms with Crippen LogP contribution in [0.2, 0.25) is 0 Å². The summed E-state index contributed by atoms with van der Waals surface area (Å²) in [5.41, 5.74) is 1.72. The van der Waals surface area contributed by atoms with Crippen molar-refractivity contribution in [3.05, 3.63) is 54.0 Å². The summed E-state index contributed by atoms with van der Waals surface area (Å²) in [6.45, 7) is 3.29. The quantitative estimate of drug-likeness (QED) is 0.841. The average Bonchev–Trinajstić information content (AvgIpc) is 2.49. The zero-order valence-corrected chi connectivity index (χ0v) is 11.5. The van der Waals surface area contributed by atoms with Crippen LogP contribution in [0.5, 0.6) is 0 Å². The minimum absolute atomic E-state index is 0.108. The number of nitrogens with zero attached hydrogens (tertiary/aromatic N) is 2. The lowest BCUT2D eigenvalue weighted by atomic mass is 10.2. The van der Waals surface area contributed by atoms with Gasteiger partial charge >= 0.3 is 0 Å². The molecule has 5 heteroatoms. The van der Waals surface area contributed by atoms with Gasteiger partial charge in [-0.2, -0.15) is 0 Å². The van der Waals surface area contributed by atoms with Gasteiger partial charge < -0.3 is 10.6 Å². The predicted molar refractivity (Wildman–Crippen MR) is 78.7 cm³/mol. The third-order valence-corrected chi connectivity index (χ3v) is 2.85. The third-order valence-electron chi connectivity index (χ3n) is 2.85. The first-order valence-electron chi connectivity index (χ1n) is 6.67. The largest absolute Gasteiger partial charge is 0.370 e. The smallest absolute Gasteiger partial charge is 0.255 e. The van der Waals surface area contributed by atoms with Crippen LogP contribution in [0.1, 0.15) is 22.8 Å². The van der Waals surface area contributed by atoms with Crippen LogP contribution >= 0.6 is 0 Å². The Hall–Kier alpha value is -2.43. The van der Waals surface area contributed by atoms with Crippen molar-refractivity contribution in [2.75, 3.05) is 18.4 Å². The Morgan fingerprint density at radius 2 is 2.00 bits per heavy atom. The lowest BCUT2D eigenvalue weighted by Crippen LogP contribution is -2.26. The number of nitrogens with one attached hydrogen (secondary N) is 2. The van der Waals surface area contributed by atoms with Crippen LogP contribution < -0.4 is 10.6 Å². The summed E-state index contributed by atoms with van der Waals surface area (Å²) < 4.78 is 0. The van der Waals surface area contributed by atoms with Gasteiger partial charge in [0.05, 0.1) is 5.56 Å². The maximum Gasteiger partial charge on any atom is 0.255 e. The van der Waals surface area contributed by atoms with Crippen molar-refractivity contribution in [1.82, 2.24) is 15.3 Å². The van der Waals surface area contributed by atoms with Gasteiger partial charge in [-0.25, -0.2) is 4.98 Å². The van der Waals surface area contributed by atoms with Crippen LogP contribution in [-0.2, 0) is 6.42 Å². The van der Waals surface area contributed by atoms with E-state index in [0.717, 1.165) is 18.5 Å². The van der Waals surface area contributed by atoms with Gasteiger partial charge in [0.25, 0.3) is 5.91 Å². The highest BCUT2D eigenvalue weighted by atomic mass is 16.1. The molecule has 0 atom stereocenters. The molecule has 0 radical (unpaired) electrons. The number of aromatic nitrogens is 2. The molecule has 0 spiro atoms. The molecule has 0 fully saturated rings. The topological polar surface area (TPSA) is 66.9 Å². The number of carbonyl (C=O) groups is 1. The fraction of sp³-hybridized carbons (Fsp3) is 0.267. The standard InChI is InChI=1S/C15H18N4O/c1-2-17-14-13(4-3-8-18-14)15(20)19-11-7-12-5-9-16-10-6-12/h3-6,8-10H,2,7,11H2,1H3,(H,17,18)(H,19,20). The van der Waals surface area contributed by atoms with E-state index in [1.165, 1.54) is 0 Å². The van der Waals surface area contributed by atoms with Crippen molar-refractivity contribution in [1.29, 1.82) is 0 Å². The van der Waals surface area contributed by atoms with E-state index in [9.17, 15) is 4.79 Å². The molecule has 2 N–H and O–H groups in total. The molecule has 2 aromatic rings. The van der Waals surface area contributed by atoms with Crippen molar-refractivity contribution in [3.63, 3.8) is 0 Å². The Kier molecular flexibility index (Phi) is 5.06. The van der Waals surface area contributed by atoms with Gasteiger partial charge in [0, 0.05) is 31.7 Å². The van der Waals surface area contributed by atoms with E-state index in [1.807, 2.05) is 19.1 Å². The summed E-state index contributed by atoms with van der Waals surface area (Å²) in [6, 6.07) is 7.42. The van der Waals surface area contributed by atoms with E-state index >= 15 is 0 Å². The molecule has 0 aliphatic heterocycles. The summed E-state index contributed by atoms with van der Waals surface area (Å²) in [5.74, 6) is 0.513. The van der Waals surface area contributed by atoms with E-state index in [4.69, 9.17) is 0 Å². The van der Waals surface area contributed by atoms with E-state index in [0.29, 0.717) is 17.9 Å². The molecule has 0 aliphatic rings. The second-order valence-electron chi connectivity index (χ2n) is 4.29. The van der Waals surface area contributed by atoms with E-state index in [-0.39, 0.29) is 5.91 Å². The highest BCUT2D eigenvalue weighted by molar-refractivity contribution is 5.98. The SMILES string of the molecule is CCNc1ncccc1C(=O)NCCc1ccncc1. The molecule has 1 amide bonds. The van der Waals surface area contributed by atoms with Crippen LogP contribution in [0.25, 0.3) is 0 Å². The van der Waals surface area contributed by atoms with E-state index in [2.05, 4.69) is 20.6 Å². The zero-order chi connectivity index (χ0) is 14.2. The van der Waals surface area contributed by atoms with Crippen LogP contribution in [0.15, 0.2) is 42.9 Å². The number of rotatable bonds is 6. The summed E-state index contributed by atoms with van der Waals surface area (Å²) in [4.78, 5) is 20.3. The summed E-state index contributed by atoms with van der Waals surface area (Å²) >= 11 is 0. The van der Waals surface area contributed by atoms with Crippen molar-refractivity contribution in [2.24, 2.45) is 0 Å². The van der Waals surface area contributed by atoms with Gasteiger partial charge in [0.2, 0.25) is 0 Å². The average molecular weight is 270 g/mol. The number of hydrogen-bond donors (Lipinski definition) is 2. The van der Waals surface area contributed by atoms with Crippen molar-refractivity contribution in [3.8, 4) is 0 Å². The van der Waals surface area contributed by atoms with Gasteiger partial charge in [0.1, 0.15) is 5.82 Å². The summed E-state index contributed by atoms with van der Waals surface area (Å²) in [6.07, 6.45) is 5.96. The zero-order valence-electron chi connectivity index (χ0n) is 11.5. The first-order valence-corrected chi connectivity index (χ1v) is 6.67. The lowest BCUT2D eigenvalue weighted by Gasteiger charge is -2.09. The molecule has 0 saturated carbocycles. The highest BCUT2D eigenvalue weighted by Gasteiger charge is 2.10. The normalized spacial score (nSPS) is 10.1. The maximum absolute atomic E-state index is 12.1. The fourth-order valence-electron chi connectivity index (χ4n) is 1.86. The molecular formula is C15H18N4O. The van der Waals surface area contributed by atoms with Crippen LogP contribution in [0.4, 0.5) is 5.82 Å². The third kappa shape index (κ3) is 3.78. The van der Waals surface area contributed by atoms with Crippen LogP contribution in [0.3, 0.4) is 0 Å². The molecule has 0 bridgehead atoms. The first-order chi connectivity index (χ1) is 9.81. The minimum Gasteiger partial charge on any atom is -0.370 e. The monoisotopic (exact) mass is 270 g/mol. The van der Waals surface area contributed by atoms with Crippen molar-refractivity contribution < 1.29 is 4.79 Å². The van der Waals surface area contributed by atoms with E-state index < -0.39 is 0 Å². The van der Waals surface area contributed by atoms with Gasteiger partial charge in [-0.1, -0.05) is 0 Å². The van der Waals surface area contributed by atoms with Gasteiger partial charge in [0.15, 0.2) is 0 Å². The number of pyridine rings is 2. The first kappa shape index (κ1) is 14.0. The Bertz CT molecular complexity index is 557. The molecule has 2 rings (SSSR count). The predicted octanol–water partition coefficient (Wildman–Crippen LogP) is 1.88. The lowest BCUT2D eigenvalue weighted by molar-refractivity contribution is 0.0954. The van der Waals surface area contributed by atoms with Crippen molar-refractivity contribution >= 4 is 11.7 Å². The summed E-state index contributed by atoms with van der Waals surface area (Å²) in [5, 5.41) is 5.99. The Morgan fingerprint density at radius 3 is 2.75 bits per heavy atom. The molecule has 0 aromatic carbocycles. The molecule has 0 unspecified atom stereocenters. The fourth-order valence-corrected chi connectivity index (χ4v) is 1.86. The second-order valence-corrected chi connectivity index (χ2v) is 4.29. The minimum atomic E-state index is -0.108. The van der Waals surface area contributed by atoms with Crippen LogP contribution in [-0.4, -0.2) is 29.0 Å². The Balaban J connectivity index is 1.92. The maximum atomic E-state index is 12.1. The van der Waals surface area contributed by atoms with Crippen molar-refractivity contribution in [2.45, 2.75) is 13.3 Å². The highest BCUT2D eigenvalue weighted by Crippen LogP contribution is 2.10. The number of anilines is 1. The Labute approximate surface area is 118 Å². The number of amides is 1. The number of carbonyl (C=O) groups excluding carboxylic acids is 1. The molecule has 5 nitrogen and oxygen atoms in total. The second kappa shape index (κ2) is 7.23. The summed E-state index contributed by atoms with van der Waals surface area (Å²) in [7, 11) is 0.